The molecule has 1 N–H and O–H groups in total. The lowest BCUT2D eigenvalue weighted by Crippen LogP contribution is -2.12. The van der Waals surface area contributed by atoms with Gasteiger partial charge in [-0.1, -0.05) is 0 Å². The van der Waals surface area contributed by atoms with Crippen LogP contribution in [0.1, 0.15) is 18.7 Å². The SMILES string of the molecule is CNC(C)c1csc(-c2ccncc2)n1. The molecule has 15 heavy (non-hydrogen) atoms. The molecule has 0 saturated heterocycles. The van der Waals surface area contributed by atoms with Crippen LogP contribution in [-0.2, 0) is 0 Å². The lowest BCUT2D eigenvalue weighted by molar-refractivity contribution is 0.637. The van der Waals surface area contributed by atoms with E-state index >= 15 is 0 Å². The van der Waals surface area contributed by atoms with Crippen LogP contribution in [0.3, 0.4) is 0 Å². The standard InChI is InChI=1S/C11H13N3S/c1-8(12-2)10-7-15-11(14-10)9-3-5-13-6-4-9/h3-8,12H,1-2H3. The molecule has 2 aromatic rings. The minimum atomic E-state index is 0.303. The Morgan fingerprint density at radius 3 is 2.73 bits per heavy atom. The summed E-state index contributed by atoms with van der Waals surface area (Å²) >= 11 is 1.67. The Labute approximate surface area is 93.2 Å². The summed E-state index contributed by atoms with van der Waals surface area (Å²) in [7, 11) is 1.94. The normalized spacial score (nSPS) is 12.7. The summed E-state index contributed by atoms with van der Waals surface area (Å²) in [6.45, 7) is 2.10. The molecular formula is C11H13N3S. The average molecular weight is 219 g/mol. The van der Waals surface area contributed by atoms with Gasteiger partial charge in [0.15, 0.2) is 0 Å². The first-order chi connectivity index (χ1) is 7.31. The molecule has 0 bridgehead atoms. The van der Waals surface area contributed by atoms with Gasteiger partial charge >= 0.3 is 0 Å². The molecule has 1 atom stereocenters. The molecule has 0 aromatic carbocycles. The Morgan fingerprint density at radius 2 is 2.07 bits per heavy atom. The number of aromatic nitrogens is 2. The third-order valence-corrected chi connectivity index (χ3v) is 3.24. The zero-order valence-electron chi connectivity index (χ0n) is 8.77. The maximum absolute atomic E-state index is 4.58. The second-order valence-electron chi connectivity index (χ2n) is 3.32. The zero-order chi connectivity index (χ0) is 10.7. The van der Waals surface area contributed by atoms with E-state index in [0.29, 0.717) is 6.04 Å². The molecule has 4 heteroatoms. The lowest BCUT2D eigenvalue weighted by atomic mass is 10.2. The van der Waals surface area contributed by atoms with Crippen molar-refractivity contribution in [1.29, 1.82) is 0 Å². The molecule has 1 unspecified atom stereocenters. The summed E-state index contributed by atoms with van der Waals surface area (Å²) in [6.07, 6.45) is 3.58. The van der Waals surface area contributed by atoms with Gasteiger partial charge in [-0.15, -0.1) is 11.3 Å². The van der Waals surface area contributed by atoms with E-state index in [-0.39, 0.29) is 0 Å². The van der Waals surface area contributed by atoms with E-state index in [2.05, 4.69) is 27.6 Å². The van der Waals surface area contributed by atoms with E-state index in [1.165, 1.54) is 0 Å². The highest BCUT2D eigenvalue weighted by Crippen LogP contribution is 2.25. The largest absolute Gasteiger partial charge is 0.312 e. The second kappa shape index (κ2) is 4.51. The molecule has 2 rings (SSSR count). The molecule has 2 aromatic heterocycles. The molecule has 0 radical (unpaired) electrons. The molecule has 78 valence electrons. The van der Waals surface area contributed by atoms with Crippen LogP contribution in [0.4, 0.5) is 0 Å². The summed E-state index contributed by atoms with van der Waals surface area (Å²) in [6, 6.07) is 4.26. The van der Waals surface area contributed by atoms with Gasteiger partial charge < -0.3 is 5.32 Å². The van der Waals surface area contributed by atoms with Crippen molar-refractivity contribution in [3.63, 3.8) is 0 Å². The van der Waals surface area contributed by atoms with Crippen molar-refractivity contribution in [2.24, 2.45) is 0 Å². The van der Waals surface area contributed by atoms with Crippen molar-refractivity contribution in [3.8, 4) is 10.6 Å². The summed E-state index contributed by atoms with van der Waals surface area (Å²) in [4.78, 5) is 8.57. The highest BCUT2D eigenvalue weighted by atomic mass is 32.1. The second-order valence-corrected chi connectivity index (χ2v) is 4.18. The van der Waals surface area contributed by atoms with E-state index in [1.807, 2.05) is 19.2 Å². The third-order valence-electron chi connectivity index (χ3n) is 2.33. The predicted molar refractivity (Wildman–Crippen MR) is 62.8 cm³/mol. The predicted octanol–water partition coefficient (Wildman–Crippen LogP) is 2.49. The van der Waals surface area contributed by atoms with Crippen molar-refractivity contribution in [3.05, 3.63) is 35.6 Å². The van der Waals surface area contributed by atoms with Crippen LogP contribution in [0.5, 0.6) is 0 Å². The Kier molecular flexibility index (Phi) is 3.08. The minimum absolute atomic E-state index is 0.303. The van der Waals surface area contributed by atoms with Gasteiger partial charge in [-0.25, -0.2) is 4.98 Å². The van der Waals surface area contributed by atoms with E-state index in [9.17, 15) is 0 Å². The van der Waals surface area contributed by atoms with Crippen LogP contribution in [0.25, 0.3) is 10.6 Å². The summed E-state index contributed by atoms with van der Waals surface area (Å²) in [5, 5.41) is 6.32. The third kappa shape index (κ3) is 2.22. The van der Waals surface area contributed by atoms with Crippen molar-refractivity contribution in [2.75, 3.05) is 7.05 Å². The van der Waals surface area contributed by atoms with Crippen molar-refractivity contribution in [1.82, 2.24) is 15.3 Å². The number of rotatable bonds is 3. The Morgan fingerprint density at radius 1 is 1.33 bits per heavy atom. The van der Waals surface area contributed by atoms with Gasteiger partial charge in [0.2, 0.25) is 0 Å². The maximum atomic E-state index is 4.58. The molecule has 2 heterocycles. The Bertz CT molecular complexity index is 424. The fourth-order valence-electron chi connectivity index (χ4n) is 1.26. The van der Waals surface area contributed by atoms with Gasteiger partial charge in [-0.2, -0.15) is 0 Å². The zero-order valence-corrected chi connectivity index (χ0v) is 9.58. The smallest absolute Gasteiger partial charge is 0.123 e. The first kappa shape index (κ1) is 10.3. The number of hydrogen-bond acceptors (Lipinski definition) is 4. The van der Waals surface area contributed by atoms with Gasteiger partial charge in [-0.3, -0.25) is 4.98 Å². The Balaban J connectivity index is 2.28. The molecule has 0 amide bonds. The highest BCUT2D eigenvalue weighted by molar-refractivity contribution is 7.13. The van der Waals surface area contributed by atoms with E-state index < -0.39 is 0 Å². The van der Waals surface area contributed by atoms with Crippen LogP contribution >= 0.6 is 11.3 Å². The van der Waals surface area contributed by atoms with Crippen molar-refractivity contribution < 1.29 is 0 Å². The lowest BCUT2D eigenvalue weighted by Gasteiger charge is -2.04. The first-order valence-electron chi connectivity index (χ1n) is 4.84. The fourth-order valence-corrected chi connectivity index (χ4v) is 2.18. The Hall–Kier alpha value is -1.26. The number of hydrogen-bond donors (Lipinski definition) is 1. The number of pyridine rings is 1. The van der Waals surface area contributed by atoms with Crippen molar-refractivity contribution >= 4 is 11.3 Å². The molecular weight excluding hydrogens is 206 g/mol. The van der Waals surface area contributed by atoms with Crippen LogP contribution in [0.2, 0.25) is 0 Å². The molecule has 0 saturated carbocycles. The quantitative estimate of drug-likeness (QED) is 0.861. The molecule has 0 aliphatic heterocycles. The van der Waals surface area contributed by atoms with Crippen LogP contribution in [0.15, 0.2) is 29.9 Å². The van der Waals surface area contributed by atoms with E-state index in [4.69, 9.17) is 0 Å². The summed E-state index contributed by atoms with van der Waals surface area (Å²) < 4.78 is 0. The van der Waals surface area contributed by atoms with E-state index in [1.54, 1.807) is 23.7 Å². The maximum Gasteiger partial charge on any atom is 0.123 e. The van der Waals surface area contributed by atoms with Gasteiger partial charge in [0.25, 0.3) is 0 Å². The molecule has 0 aliphatic carbocycles. The number of thiazole rings is 1. The van der Waals surface area contributed by atoms with Gasteiger partial charge in [0.1, 0.15) is 5.01 Å². The monoisotopic (exact) mass is 219 g/mol. The summed E-state index contributed by atoms with van der Waals surface area (Å²) in [5.74, 6) is 0. The molecule has 3 nitrogen and oxygen atoms in total. The molecule has 0 spiro atoms. The van der Waals surface area contributed by atoms with Crippen molar-refractivity contribution in [2.45, 2.75) is 13.0 Å². The minimum Gasteiger partial charge on any atom is -0.312 e. The highest BCUT2D eigenvalue weighted by Gasteiger charge is 2.08. The van der Waals surface area contributed by atoms with E-state index in [0.717, 1.165) is 16.3 Å². The van der Waals surface area contributed by atoms with Gasteiger partial charge in [0, 0.05) is 29.4 Å². The molecule has 0 fully saturated rings. The number of nitrogens with one attached hydrogen (secondary N) is 1. The fraction of sp³-hybridized carbons (Fsp3) is 0.273. The van der Waals surface area contributed by atoms with Crippen LogP contribution < -0.4 is 5.32 Å². The molecule has 0 aliphatic rings. The average Bonchev–Trinajstić information content (AvgIpc) is 2.78. The van der Waals surface area contributed by atoms with Crippen LogP contribution in [-0.4, -0.2) is 17.0 Å². The van der Waals surface area contributed by atoms with Crippen LogP contribution in [0, 0.1) is 0 Å². The first-order valence-corrected chi connectivity index (χ1v) is 5.72. The topological polar surface area (TPSA) is 37.8 Å². The summed E-state index contributed by atoms with van der Waals surface area (Å²) in [5.41, 5.74) is 2.22. The van der Waals surface area contributed by atoms with Gasteiger partial charge in [0.05, 0.1) is 5.69 Å². The number of nitrogens with zero attached hydrogens (tertiary/aromatic N) is 2. The van der Waals surface area contributed by atoms with Gasteiger partial charge in [-0.05, 0) is 26.1 Å².